The molecule has 1 saturated heterocycles. The molecular weight excluding hydrogens is 409 g/mol. The minimum Gasteiger partial charge on any atom is -0.441 e. The minimum absolute atomic E-state index is 0.000256. The van der Waals surface area contributed by atoms with Crippen molar-refractivity contribution in [3.05, 3.63) is 77.6 Å². The molecule has 166 valence electrons. The Bertz CT molecular complexity index is 1090. The Morgan fingerprint density at radius 3 is 2.50 bits per heavy atom. The summed E-state index contributed by atoms with van der Waals surface area (Å²) in [6.45, 7) is 3.91. The smallest absolute Gasteiger partial charge is 0.256 e. The monoisotopic (exact) mass is 435 g/mol. The van der Waals surface area contributed by atoms with Crippen LogP contribution in [-0.4, -0.2) is 52.8 Å². The van der Waals surface area contributed by atoms with E-state index in [0.29, 0.717) is 50.7 Å². The second-order valence-electron chi connectivity index (χ2n) is 7.99. The molecule has 4 rings (SSSR count). The topological polar surface area (TPSA) is 66.7 Å². The van der Waals surface area contributed by atoms with Gasteiger partial charge in [0.2, 0.25) is 5.91 Å². The van der Waals surface area contributed by atoms with E-state index in [-0.39, 0.29) is 23.8 Å². The van der Waals surface area contributed by atoms with Crippen molar-refractivity contribution in [3.8, 4) is 11.3 Å². The maximum absolute atomic E-state index is 14.0. The Morgan fingerprint density at radius 1 is 1.00 bits per heavy atom. The van der Waals surface area contributed by atoms with Crippen LogP contribution in [0.2, 0.25) is 0 Å². The van der Waals surface area contributed by atoms with Gasteiger partial charge in [0.15, 0.2) is 11.7 Å². The molecule has 0 spiro atoms. The lowest BCUT2D eigenvalue weighted by Gasteiger charge is -2.22. The molecule has 0 aliphatic carbocycles. The van der Waals surface area contributed by atoms with Gasteiger partial charge >= 0.3 is 0 Å². The third-order valence-electron chi connectivity index (χ3n) is 5.68. The summed E-state index contributed by atoms with van der Waals surface area (Å²) < 4.78 is 19.8. The number of oxazole rings is 1. The lowest BCUT2D eigenvalue weighted by Crippen LogP contribution is -2.37. The maximum atomic E-state index is 14.0. The van der Waals surface area contributed by atoms with E-state index in [1.54, 1.807) is 28.1 Å². The third-order valence-corrected chi connectivity index (χ3v) is 5.68. The van der Waals surface area contributed by atoms with Crippen LogP contribution >= 0.6 is 0 Å². The van der Waals surface area contributed by atoms with Gasteiger partial charge in [0, 0.05) is 44.6 Å². The number of nitrogens with zero attached hydrogens (tertiary/aromatic N) is 3. The van der Waals surface area contributed by atoms with E-state index >= 15 is 0 Å². The van der Waals surface area contributed by atoms with Gasteiger partial charge in [0.1, 0.15) is 5.82 Å². The first-order valence-corrected chi connectivity index (χ1v) is 10.8. The number of halogens is 1. The van der Waals surface area contributed by atoms with Crippen molar-refractivity contribution in [2.24, 2.45) is 0 Å². The fraction of sp³-hybridized carbons (Fsp3) is 0.320. The van der Waals surface area contributed by atoms with E-state index in [2.05, 4.69) is 4.98 Å². The summed E-state index contributed by atoms with van der Waals surface area (Å²) in [5, 5.41) is 0. The van der Waals surface area contributed by atoms with Gasteiger partial charge in [-0.05, 0) is 25.5 Å². The van der Waals surface area contributed by atoms with E-state index in [1.807, 2.05) is 31.2 Å². The van der Waals surface area contributed by atoms with Gasteiger partial charge < -0.3 is 14.2 Å². The molecule has 0 radical (unpaired) electrons. The van der Waals surface area contributed by atoms with Gasteiger partial charge in [-0.1, -0.05) is 42.0 Å². The number of carbonyl (C=O) groups is 2. The minimum atomic E-state index is -0.523. The quantitative estimate of drug-likeness (QED) is 0.605. The van der Waals surface area contributed by atoms with E-state index < -0.39 is 5.82 Å². The number of hydrogen-bond acceptors (Lipinski definition) is 4. The highest BCUT2D eigenvalue weighted by molar-refractivity contribution is 5.94. The van der Waals surface area contributed by atoms with E-state index in [1.165, 1.54) is 17.7 Å². The summed E-state index contributed by atoms with van der Waals surface area (Å²) in [5.41, 5.74) is 2.19. The molecule has 32 heavy (non-hydrogen) atoms. The molecule has 2 heterocycles. The summed E-state index contributed by atoms with van der Waals surface area (Å²) in [5.74, 6) is 0.358. The molecule has 1 fully saturated rings. The van der Waals surface area contributed by atoms with Gasteiger partial charge in [-0.25, -0.2) is 9.37 Å². The molecule has 6 nitrogen and oxygen atoms in total. The number of aromatic nitrogens is 1. The second-order valence-corrected chi connectivity index (χ2v) is 7.99. The lowest BCUT2D eigenvalue weighted by molar-refractivity contribution is -0.131. The molecule has 0 bridgehead atoms. The SMILES string of the molecule is Cc1ccc(-c2cnc(CCC(=O)N3CCCN(C(=O)c4ccccc4F)CC3)o2)cc1. The van der Waals surface area contributed by atoms with Crippen LogP contribution in [0.25, 0.3) is 11.3 Å². The Hall–Kier alpha value is -3.48. The molecule has 0 atom stereocenters. The first-order valence-electron chi connectivity index (χ1n) is 10.8. The average Bonchev–Trinajstić information content (AvgIpc) is 3.13. The first-order chi connectivity index (χ1) is 15.5. The summed E-state index contributed by atoms with van der Waals surface area (Å²) >= 11 is 0. The van der Waals surface area contributed by atoms with Gasteiger partial charge in [-0.15, -0.1) is 0 Å². The molecular formula is C25H26FN3O3. The van der Waals surface area contributed by atoms with Crippen LogP contribution in [0.5, 0.6) is 0 Å². The Kier molecular flexibility index (Phi) is 6.63. The van der Waals surface area contributed by atoms with Crippen molar-refractivity contribution >= 4 is 11.8 Å². The van der Waals surface area contributed by atoms with Crippen molar-refractivity contribution in [1.29, 1.82) is 0 Å². The predicted octanol–water partition coefficient (Wildman–Crippen LogP) is 4.10. The van der Waals surface area contributed by atoms with Gasteiger partial charge in [0.05, 0.1) is 11.8 Å². The highest BCUT2D eigenvalue weighted by Crippen LogP contribution is 2.21. The normalized spacial score (nSPS) is 14.3. The van der Waals surface area contributed by atoms with Crippen molar-refractivity contribution in [2.45, 2.75) is 26.2 Å². The van der Waals surface area contributed by atoms with Crippen LogP contribution in [0.4, 0.5) is 4.39 Å². The zero-order valence-electron chi connectivity index (χ0n) is 18.1. The van der Waals surface area contributed by atoms with E-state index in [0.717, 1.165) is 5.56 Å². The molecule has 0 saturated carbocycles. The average molecular weight is 435 g/mol. The third kappa shape index (κ3) is 5.04. The number of aryl methyl sites for hydroxylation is 2. The summed E-state index contributed by atoms with van der Waals surface area (Å²) in [6, 6.07) is 14.0. The number of benzene rings is 2. The van der Waals surface area contributed by atoms with Crippen LogP contribution in [0.1, 0.15) is 34.7 Å². The molecule has 1 aliphatic rings. The highest BCUT2D eigenvalue weighted by Gasteiger charge is 2.24. The molecule has 0 unspecified atom stereocenters. The fourth-order valence-electron chi connectivity index (χ4n) is 3.82. The number of rotatable bonds is 5. The van der Waals surface area contributed by atoms with E-state index in [9.17, 15) is 14.0 Å². The zero-order chi connectivity index (χ0) is 22.5. The summed E-state index contributed by atoms with van der Waals surface area (Å²) in [4.78, 5) is 33.1. The lowest BCUT2D eigenvalue weighted by atomic mass is 10.1. The molecule has 3 aromatic rings. The number of carbonyl (C=O) groups excluding carboxylic acids is 2. The van der Waals surface area contributed by atoms with Crippen molar-refractivity contribution in [1.82, 2.24) is 14.8 Å². The highest BCUT2D eigenvalue weighted by atomic mass is 19.1. The summed E-state index contributed by atoms with van der Waals surface area (Å²) in [7, 11) is 0. The van der Waals surface area contributed by atoms with Crippen LogP contribution in [0.15, 0.2) is 59.1 Å². The Balaban J connectivity index is 1.30. The first kappa shape index (κ1) is 21.7. The van der Waals surface area contributed by atoms with Crippen LogP contribution in [0.3, 0.4) is 0 Å². The fourth-order valence-corrected chi connectivity index (χ4v) is 3.82. The Morgan fingerprint density at radius 2 is 1.72 bits per heavy atom. The Labute approximate surface area is 186 Å². The zero-order valence-corrected chi connectivity index (χ0v) is 18.1. The molecule has 2 aromatic carbocycles. The van der Waals surface area contributed by atoms with Crippen LogP contribution in [0, 0.1) is 12.7 Å². The number of amides is 2. The maximum Gasteiger partial charge on any atom is 0.256 e. The van der Waals surface area contributed by atoms with E-state index in [4.69, 9.17) is 4.42 Å². The molecule has 0 N–H and O–H groups in total. The molecule has 2 amide bonds. The second kappa shape index (κ2) is 9.77. The predicted molar refractivity (Wildman–Crippen MR) is 118 cm³/mol. The van der Waals surface area contributed by atoms with Gasteiger partial charge in [-0.3, -0.25) is 9.59 Å². The largest absolute Gasteiger partial charge is 0.441 e. The number of hydrogen-bond donors (Lipinski definition) is 0. The molecule has 1 aromatic heterocycles. The standard InChI is InChI=1S/C25H26FN3O3/c1-18-7-9-19(10-8-18)22-17-27-23(32-22)11-12-24(30)28-13-4-14-29(16-15-28)25(31)20-5-2-3-6-21(20)26/h2-3,5-10,17H,4,11-16H2,1H3. The van der Waals surface area contributed by atoms with Crippen molar-refractivity contribution in [3.63, 3.8) is 0 Å². The van der Waals surface area contributed by atoms with Gasteiger partial charge in [0.25, 0.3) is 5.91 Å². The van der Waals surface area contributed by atoms with Gasteiger partial charge in [-0.2, -0.15) is 0 Å². The van der Waals surface area contributed by atoms with Crippen LogP contribution < -0.4 is 0 Å². The summed E-state index contributed by atoms with van der Waals surface area (Å²) in [6.07, 6.45) is 3.04. The molecule has 1 aliphatic heterocycles. The van der Waals surface area contributed by atoms with Crippen LogP contribution in [-0.2, 0) is 11.2 Å². The molecule has 7 heteroatoms. The van der Waals surface area contributed by atoms with Crippen molar-refractivity contribution in [2.75, 3.05) is 26.2 Å². The van der Waals surface area contributed by atoms with Crippen molar-refractivity contribution < 1.29 is 18.4 Å².